The van der Waals surface area contributed by atoms with E-state index < -0.39 is 42.1 Å². The standard InChI is InChI=1S/C8H14F2O7S/c1-2-3-5(11)6(12)4-15-7(13)8(9,10)18-17-16-14/h5-6,11-12,14H,2-4H2,1H3. The zero-order valence-corrected chi connectivity index (χ0v) is 10.2. The quantitative estimate of drug-likeness (QED) is 0.247. The normalized spacial score (nSPS) is 15.2. The number of aliphatic hydroxyl groups excluding tert-OH is 2. The molecule has 0 aliphatic carbocycles. The fourth-order valence-electron chi connectivity index (χ4n) is 0.936. The van der Waals surface area contributed by atoms with Gasteiger partial charge in [-0.15, -0.1) is 4.33 Å². The Morgan fingerprint density at radius 1 is 1.39 bits per heavy atom. The van der Waals surface area contributed by atoms with Crippen molar-refractivity contribution in [3.63, 3.8) is 0 Å². The second-order valence-corrected chi connectivity index (χ2v) is 4.08. The van der Waals surface area contributed by atoms with Gasteiger partial charge in [-0.05, 0) is 6.42 Å². The number of rotatable bonds is 9. The first kappa shape index (κ1) is 17.5. The molecule has 0 rings (SSSR count). The SMILES string of the molecule is CCCC(O)C(O)COC(=O)C(F)(F)SOOO. The zero-order valence-electron chi connectivity index (χ0n) is 9.41. The van der Waals surface area contributed by atoms with E-state index in [4.69, 9.17) is 5.26 Å². The molecule has 0 spiro atoms. The van der Waals surface area contributed by atoms with Crippen molar-refractivity contribution in [2.45, 2.75) is 37.2 Å². The molecule has 0 heterocycles. The van der Waals surface area contributed by atoms with E-state index in [2.05, 4.69) is 14.1 Å². The van der Waals surface area contributed by atoms with Crippen LogP contribution in [0.4, 0.5) is 8.78 Å². The van der Waals surface area contributed by atoms with Crippen molar-refractivity contribution >= 4 is 18.0 Å². The van der Waals surface area contributed by atoms with Gasteiger partial charge in [0.15, 0.2) is 0 Å². The van der Waals surface area contributed by atoms with Crippen LogP contribution in [0, 0.1) is 0 Å². The molecule has 0 aliphatic heterocycles. The molecule has 2 atom stereocenters. The summed E-state index contributed by atoms with van der Waals surface area (Å²) in [7, 11) is 0. The van der Waals surface area contributed by atoms with Gasteiger partial charge in [-0.25, -0.2) is 10.1 Å². The van der Waals surface area contributed by atoms with Crippen molar-refractivity contribution in [1.82, 2.24) is 0 Å². The molecule has 0 amide bonds. The van der Waals surface area contributed by atoms with Crippen LogP contribution in [0.3, 0.4) is 0 Å². The maximum Gasteiger partial charge on any atom is 0.415 e. The first-order chi connectivity index (χ1) is 8.35. The van der Waals surface area contributed by atoms with Crippen molar-refractivity contribution in [3.8, 4) is 0 Å². The maximum absolute atomic E-state index is 12.8. The number of halogens is 2. The molecule has 0 aromatic rings. The van der Waals surface area contributed by atoms with Crippen molar-refractivity contribution in [2.24, 2.45) is 0 Å². The fourth-order valence-corrected chi connectivity index (χ4v) is 1.18. The van der Waals surface area contributed by atoms with Crippen LogP contribution >= 0.6 is 12.0 Å². The topological polar surface area (TPSA) is 105 Å². The molecule has 0 fully saturated rings. The minimum absolute atomic E-state index is 0.241. The minimum atomic E-state index is -4.11. The average molecular weight is 292 g/mol. The van der Waals surface area contributed by atoms with E-state index in [1.54, 1.807) is 6.92 Å². The predicted molar refractivity (Wildman–Crippen MR) is 55.2 cm³/mol. The van der Waals surface area contributed by atoms with Crippen molar-refractivity contribution in [2.75, 3.05) is 6.61 Å². The Morgan fingerprint density at radius 2 is 2.00 bits per heavy atom. The first-order valence-electron chi connectivity index (χ1n) is 4.92. The highest BCUT2D eigenvalue weighted by molar-refractivity contribution is 7.96. The van der Waals surface area contributed by atoms with E-state index in [0.717, 1.165) is 0 Å². The van der Waals surface area contributed by atoms with Gasteiger partial charge in [0.05, 0.1) is 6.10 Å². The van der Waals surface area contributed by atoms with Crippen LogP contribution in [0.2, 0.25) is 0 Å². The van der Waals surface area contributed by atoms with Gasteiger partial charge in [0.2, 0.25) is 0 Å². The smallest absolute Gasteiger partial charge is 0.415 e. The lowest BCUT2D eigenvalue weighted by molar-refractivity contribution is -0.433. The summed E-state index contributed by atoms with van der Waals surface area (Å²) < 4.78 is 33.2. The summed E-state index contributed by atoms with van der Waals surface area (Å²) in [6.45, 7) is 0.967. The molecule has 7 nitrogen and oxygen atoms in total. The molecular weight excluding hydrogens is 278 g/mol. The first-order valence-corrected chi connectivity index (χ1v) is 5.66. The van der Waals surface area contributed by atoms with E-state index in [-0.39, 0.29) is 6.42 Å². The van der Waals surface area contributed by atoms with Gasteiger partial charge in [0.25, 0.3) is 0 Å². The van der Waals surface area contributed by atoms with Crippen LogP contribution < -0.4 is 0 Å². The van der Waals surface area contributed by atoms with Crippen LogP contribution in [0.25, 0.3) is 0 Å². The lowest BCUT2D eigenvalue weighted by Gasteiger charge is -2.18. The lowest BCUT2D eigenvalue weighted by atomic mass is 10.1. The number of carbonyl (C=O) groups is 1. The largest absolute Gasteiger partial charge is 0.458 e. The number of hydrogen-bond acceptors (Lipinski definition) is 8. The molecule has 2 unspecified atom stereocenters. The van der Waals surface area contributed by atoms with Gasteiger partial charge < -0.3 is 14.9 Å². The van der Waals surface area contributed by atoms with Crippen LogP contribution in [0.15, 0.2) is 0 Å². The predicted octanol–water partition coefficient (Wildman–Crippen LogP) is 0.714. The summed E-state index contributed by atoms with van der Waals surface area (Å²) >= 11 is -0.767. The van der Waals surface area contributed by atoms with Gasteiger partial charge in [-0.3, -0.25) is 0 Å². The second kappa shape index (κ2) is 8.56. The van der Waals surface area contributed by atoms with Crippen LogP contribution in [-0.4, -0.2) is 45.5 Å². The van der Waals surface area contributed by atoms with Crippen LogP contribution in [-0.2, 0) is 18.9 Å². The number of aliphatic hydroxyl groups is 2. The van der Waals surface area contributed by atoms with Crippen LogP contribution in [0.1, 0.15) is 19.8 Å². The van der Waals surface area contributed by atoms with Gasteiger partial charge in [0, 0.05) is 0 Å². The highest BCUT2D eigenvalue weighted by Crippen LogP contribution is 2.31. The number of ether oxygens (including phenoxy) is 1. The third kappa shape index (κ3) is 6.42. The zero-order chi connectivity index (χ0) is 14.2. The molecule has 0 aliphatic rings. The van der Waals surface area contributed by atoms with Crippen molar-refractivity contribution < 1.29 is 43.2 Å². The molecule has 0 radical (unpaired) electrons. The Bertz CT molecular complexity index is 254. The molecule has 108 valence electrons. The monoisotopic (exact) mass is 292 g/mol. The average Bonchev–Trinajstić information content (AvgIpc) is 2.33. The number of esters is 1. The van der Waals surface area contributed by atoms with Gasteiger partial charge >= 0.3 is 11.2 Å². The third-order valence-electron chi connectivity index (χ3n) is 1.82. The third-order valence-corrected chi connectivity index (χ3v) is 2.33. The number of hydrogen-bond donors (Lipinski definition) is 3. The summed E-state index contributed by atoms with van der Waals surface area (Å²) in [4.78, 5) is 10.9. The summed E-state index contributed by atoms with van der Waals surface area (Å²) in [6.07, 6.45) is -1.81. The summed E-state index contributed by atoms with van der Waals surface area (Å²) in [5.41, 5.74) is 0. The lowest BCUT2D eigenvalue weighted by Crippen LogP contribution is -2.35. The summed E-state index contributed by atoms with van der Waals surface area (Å²) in [5.74, 6) is -1.99. The molecule has 0 saturated carbocycles. The molecule has 18 heavy (non-hydrogen) atoms. The van der Waals surface area contributed by atoms with E-state index in [0.29, 0.717) is 6.42 Å². The van der Waals surface area contributed by atoms with Crippen molar-refractivity contribution in [1.29, 1.82) is 0 Å². The Hall–Kier alpha value is -0.520. The van der Waals surface area contributed by atoms with Gasteiger partial charge in [-0.1, -0.05) is 18.4 Å². The Kier molecular flexibility index (Phi) is 8.31. The van der Waals surface area contributed by atoms with E-state index >= 15 is 0 Å². The molecule has 0 aromatic heterocycles. The van der Waals surface area contributed by atoms with Gasteiger partial charge in [-0.2, -0.15) is 8.78 Å². The molecule has 0 bridgehead atoms. The molecule has 10 heteroatoms. The maximum atomic E-state index is 12.8. The molecule has 0 saturated heterocycles. The highest BCUT2D eigenvalue weighted by Gasteiger charge is 2.44. The fraction of sp³-hybridized carbons (Fsp3) is 0.875. The molecule has 0 aromatic carbocycles. The molecule has 3 N–H and O–H groups in total. The Labute approximate surface area is 106 Å². The van der Waals surface area contributed by atoms with E-state index in [9.17, 15) is 23.8 Å². The Balaban J connectivity index is 4.08. The summed E-state index contributed by atoms with van der Waals surface area (Å²) in [6, 6.07) is 0. The van der Waals surface area contributed by atoms with E-state index in [1.165, 1.54) is 0 Å². The van der Waals surface area contributed by atoms with Gasteiger partial charge in [0.1, 0.15) is 24.8 Å². The van der Waals surface area contributed by atoms with E-state index in [1.807, 2.05) is 0 Å². The van der Waals surface area contributed by atoms with Crippen LogP contribution in [0.5, 0.6) is 0 Å². The number of alkyl halides is 2. The highest BCUT2D eigenvalue weighted by atomic mass is 32.2. The molecular formula is C8H14F2O7S. The summed E-state index contributed by atoms with van der Waals surface area (Å²) in [5, 5.41) is 25.0. The Morgan fingerprint density at radius 3 is 2.50 bits per heavy atom. The second-order valence-electron chi connectivity index (χ2n) is 3.26. The van der Waals surface area contributed by atoms with Crippen molar-refractivity contribution in [3.05, 3.63) is 0 Å². The minimum Gasteiger partial charge on any atom is -0.458 e. The number of carbonyl (C=O) groups excluding carboxylic acids is 1.